The van der Waals surface area contributed by atoms with E-state index in [9.17, 15) is 4.79 Å². The van der Waals surface area contributed by atoms with Crippen molar-refractivity contribution in [2.75, 3.05) is 5.88 Å². The Hall–Kier alpha value is -0.300. The zero-order valence-corrected chi connectivity index (χ0v) is 7.46. The Kier molecular flexibility index (Phi) is 4.37. The molecular weight excluding hydrogens is 148 g/mol. The van der Waals surface area contributed by atoms with Crippen molar-refractivity contribution in [2.24, 2.45) is 0 Å². The van der Waals surface area contributed by atoms with E-state index in [1.165, 1.54) is 0 Å². The van der Waals surface area contributed by atoms with E-state index >= 15 is 0 Å². The highest BCUT2D eigenvalue weighted by Crippen LogP contribution is 2.09. The molecular formula is C8H13ClO. The molecule has 0 heterocycles. The summed E-state index contributed by atoms with van der Waals surface area (Å²) in [7, 11) is 0. The third-order valence-corrected chi connectivity index (χ3v) is 1.56. The molecule has 0 aliphatic carbocycles. The third-order valence-electron chi connectivity index (χ3n) is 1.37. The minimum absolute atomic E-state index is 0.139. The number of halogens is 1. The molecule has 0 aromatic rings. The number of ketones is 1. The lowest BCUT2D eigenvalue weighted by atomic mass is 10.1. The number of allylic oxidation sites excluding steroid dienone is 2. The molecule has 0 bridgehead atoms. The fraction of sp³-hybridized carbons (Fsp3) is 0.625. The molecule has 0 unspecified atom stereocenters. The van der Waals surface area contributed by atoms with Crippen LogP contribution in [0.1, 0.15) is 27.2 Å². The van der Waals surface area contributed by atoms with E-state index in [0.717, 1.165) is 11.1 Å². The van der Waals surface area contributed by atoms with Crippen LogP contribution in [-0.4, -0.2) is 11.7 Å². The van der Waals surface area contributed by atoms with Gasteiger partial charge in [-0.25, -0.2) is 0 Å². The second kappa shape index (κ2) is 4.51. The number of Topliss-reactive ketones (excluding diaryl/α,β-unsaturated/α-hetero) is 1. The summed E-state index contributed by atoms with van der Waals surface area (Å²) < 4.78 is 0. The first-order valence-electron chi connectivity index (χ1n) is 3.32. The highest BCUT2D eigenvalue weighted by atomic mass is 35.5. The molecule has 0 spiro atoms. The predicted molar refractivity (Wildman–Crippen MR) is 44.4 cm³/mol. The van der Waals surface area contributed by atoms with Crippen molar-refractivity contribution in [2.45, 2.75) is 27.2 Å². The lowest BCUT2D eigenvalue weighted by Gasteiger charge is -2.01. The van der Waals surface area contributed by atoms with Crippen LogP contribution in [0, 0.1) is 0 Å². The number of carbonyl (C=O) groups excluding carboxylic acids is 1. The van der Waals surface area contributed by atoms with Gasteiger partial charge in [0.15, 0.2) is 5.78 Å². The van der Waals surface area contributed by atoms with Crippen LogP contribution in [0.4, 0.5) is 0 Å². The van der Waals surface area contributed by atoms with Crippen LogP contribution < -0.4 is 0 Å². The number of carbonyl (C=O) groups is 1. The number of alkyl halides is 1. The first-order chi connectivity index (χ1) is 4.59. The van der Waals surface area contributed by atoms with Crippen LogP contribution in [0.3, 0.4) is 0 Å². The molecule has 0 fully saturated rings. The number of hydrogen-bond donors (Lipinski definition) is 0. The van der Waals surface area contributed by atoms with Gasteiger partial charge in [0, 0.05) is 5.88 Å². The number of hydrogen-bond acceptors (Lipinski definition) is 1. The Morgan fingerprint density at radius 3 is 1.90 bits per heavy atom. The summed E-state index contributed by atoms with van der Waals surface area (Å²) in [6.45, 7) is 5.45. The molecule has 0 saturated carbocycles. The molecule has 0 aliphatic rings. The van der Waals surface area contributed by atoms with E-state index in [1.807, 2.05) is 13.8 Å². The highest BCUT2D eigenvalue weighted by molar-refractivity contribution is 6.18. The normalized spacial score (nSPS) is 9.20. The van der Waals surface area contributed by atoms with Gasteiger partial charge in [0.05, 0.1) is 0 Å². The molecule has 0 amide bonds. The Morgan fingerprint density at radius 2 is 1.80 bits per heavy atom. The van der Waals surface area contributed by atoms with Crippen molar-refractivity contribution >= 4 is 17.4 Å². The van der Waals surface area contributed by atoms with Gasteiger partial charge in [-0.05, 0) is 32.8 Å². The maximum Gasteiger partial charge on any atom is 0.155 e. The van der Waals surface area contributed by atoms with Crippen molar-refractivity contribution in [3.8, 4) is 0 Å². The van der Waals surface area contributed by atoms with E-state index in [1.54, 1.807) is 6.92 Å². The molecule has 0 rings (SSSR count). The Morgan fingerprint density at radius 1 is 1.30 bits per heavy atom. The fourth-order valence-electron chi connectivity index (χ4n) is 0.873. The zero-order chi connectivity index (χ0) is 8.15. The van der Waals surface area contributed by atoms with E-state index < -0.39 is 0 Å². The lowest BCUT2D eigenvalue weighted by molar-refractivity contribution is -0.113. The van der Waals surface area contributed by atoms with E-state index in [0.29, 0.717) is 12.3 Å². The minimum Gasteiger partial charge on any atom is -0.295 e. The van der Waals surface area contributed by atoms with Crippen LogP contribution in [0.5, 0.6) is 0 Å². The van der Waals surface area contributed by atoms with Gasteiger partial charge in [0.1, 0.15) is 0 Å². The number of rotatable bonds is 3. The maximum atomic E-state index is 10.9. The standard InChI is InChI=1S/C8H13ClO/c1-6(2)8(4-5-9)7(3)10/h4-5H2,1-3H3. The van der Waals surface area contributed by atoms with Gasteiger partial charge in [0.25, 0.3) is 0 Å². The van der Waals surface area contributed by atoms with E-state index in [4.69, 9.17) is 11.6 Å². The minimum atomic E-state index is 0.139. The summed E-state index contributed by atoms with van der Waals surface area (Å²) in [6, 6.07) is 0. The third kappa shape index (κ3) is 3.02. The smallest absolute Gasteiger partial charge is 0.155 e. The average Bonchev–Trinajstić information content (AvgIpc) is 1.81. The molecule has 10 heavy (non-hydrogen) atoms. The fourth-order valence-corrected chi connectivity index (χ4v) is 1.06. The Balaban J connectivity index is 4.28. The second-order valence-corrected chi connectivity index (χ2v) is 2.85. The summed E-state index contributed by atoms with van der Waals surface area (Å²) in [5.41, 5.74) is 1.95. The second-order valence-electron chi connectivity index (χ2n) is 2.47. The Labute approximate surface area is 67.1 Å². The van der Waals surface area contributed by atoms with E-state index in [-0.39, 0.29) is 5.78 Å². The molecule has 0 aromatic carbocycles. The van der Waals surface area contributed by atoms with Crippen LogP contribution in [0.15, 0.2) is 11.1 Å². The first kappa shape index (κ1) is 9.70. The molecule has 0 N–H and O–H groups in total. The molecule has 0 aromatic heterocycles. The largest absolute Gasteiger partial charge is 0.295 e. The molecule has 0 radical (unpaired) electrons. The van der Waals surface area contributed by atoms with Crippen LogP contribution in [0.2, 0.25) is 0 Å². The SMILES string of the molecule is CC(=O)C(CCCl)=C(C)C. The summed E-state index contributed by atoms with van der Waals surface area (Å²) in [4.78, 5) is 10.9. The van der Waals surface area contributed by atoms with Gasteiger partial charge >= 0.3 is 0 Å². The molecule has 0 atom stereocenters. The van der Waals surface area contributed by atoms with Gasteiger partial charge in [-0.15, -0.1) is 11.6 Å². The zero-order valence-electron chi connectivity index (χ0n) is 6.70. The quantitative estimate of drug-likeness (QED) is 0.458. The molecule has 1 nitrogen and oxygen atoms in total. The summed E-state index contributed by atoms with van der Waals surface area (Å²) in [5, 5.41) is 0. The molecule has 0 aliphatic heterocycles. The Bertz CT molecular complexity index is 155. The van der Waals surface area contributed by atoms with Crippen molar-refractivity contribution in [3.63, 3.8) is 0 Å². The van der Waals surface area contributed by atoms with Crippen molar-refractivity contribution in [1.29, 1.82) is 0 Å². The van der Waals surface area contributed by atoms with Crippen LogP contribution in [-0.2, 0) is 4.79 Å². The topological polar surface area (TPSA) is 17.1 Å². The van der Waals surface area contributed by atoms with Gasteiger partial charge in [-0.1, -0.05) is 5.57 Å². The summed E-state index contributed by atoms with van der Waals surface area (Å²) in [5.74, 6) is 0.667. The molecule has 0 saturated heterocycles. The van der Waals surface area contributed by atoms with Crippen molar-refractivity contribution in [1.82, 2.24) is 0 Å². The van der Waals surface area contributed by atoms with Crippen LogP contribution >= 0.6 is 11.6 Å². The summed E-state index contributed by atoms with van der Waals surface area (Å²) >= 11 is 5.50. The van der Waals surface area contributed by atoms with Crippen molar-refractivity contribution in [3.05, 3.63) is 11.1 Å². The maximum absolute atomic E-state index is 10.9. The van der Waals surface area contributed by atoms with Crippen molar-refractivity contribution < 1.29 is 4.79 Å². The van der Waals surface area contributed by atoms with E-state index in [2.05, 4.69) is 0 Å². The average molecular weight is 161 g/mol. The molecule has 58 valence electrons. The monoisotopic (exact) mass is 160 g/mol. The van der Waals surface area contributed by atoms with Gasteiger partial charge in [0.2, 0.25) is 0 Å². The highest BCUT2D eigenvalue weighted by Gasteiger charge is 2.03. The van der Waals surface area contributed by atoms with Gasteiger partial charge < -0.3 is 0 Å². The predicted octanol–water partition coefficient (Wildman–Crippen LogP) is 2.54. The first-order valence-corrected chi connectivity index (χ1v) is 3.86. The summed E-state index contributed by atoms with van der Waals surface area (Å²) in [6.07, 6.45) is 0.694. The van der Waals surface area contributed by atoms with Crippen LogP contribution in [0.25, 0.3) is 0 Å². The van der Waals surface area contributed by atoms with Gasteiger partial charge in [-0.3, -0.25) is 4.79 Å². The van der Waals surface area contributed by atoms with Gasteiger partial charge in [-0.2, -0.15) is 0 Å². The molecule has 2 heteroatoms. The lowest BCUT2D eigenvalue weighted by Crippen LogP contribution is -1.99.